The van der Waals surface area contributed by atoms with E-state index in [1.54, 1.807) is 6.92 Å². The maximum absolute atomic E-state index is 13.5. The van der Waals surface area contributed by atoms with Gasteiger partial charge in [-0.25, -0.2) is 4.39 Å². The molecule has 1 aromatic carbocycles. The second-order valence-electron chi connectivity index (χ2n) is 3.73. The number of rotatable bonds is 4. The molecule has 0 aliphatic heterocycles. The van der Waals surface area contributed by atoms with Gasteiger partial charge in [0.15, 0.2) is 11.6 Å². The number of hydrogen-bond acceptors (Lipinski definition) is 3. The molecule has 4 N–H and O–H groups in total. The number of halogens is 1. The van der Waals surface area contributed by atoms with E-state index >= 15 is 0 Å². The molecule has 0 fully saturated rings. The predicted molar refractivity (Wildman–Crippen MR) is 56.6 cm³/mol. The standard InChI is InChI=1S/C11H14FNO3/c1-6-4-7(11(12)9(14)5-6)8(13)2-3-10(15)16/h4-5,8,14H,2-3,13H2,1H3,(H,15,16). The molecule has 1 aromatic rings. The van der Waals surface area contributed by atoms with Gasteiger partial charge in [0.25, 0.3) is 0 Å². The van der Waals surface area contributed by atoms with Crippen LogP contribution in [0.5, 0.6) is 5.75 Å². The van der Waals surface area contributed by atoms with Gasteiger partial charge in [-0.3, -0.25) is 4.79 Å². The first-order valence-electron chi connectivity index (χ1n) is 4.88. The number of carboxylic acid groups (broad SMARTS) is 1. The monoisotopic (exact) mass is 227 g/mol. The largest absolute Gasteiger partial charge is 0.505 e. The van der Waals surface area contributed by atoms with Gasteiger partial charge >= 0.3 is 5.97 Å². The quantitative estimate of drug-likeness (QED) is 0.731. The first-order valence-corrected chi connectivity index (χ1v) is 4.88. The number of phenols is 1. The Labute approximate surface area is 92.5 Å². The first kappa shape index (κ1) is 12.4. The van der Waals surface area contributed by atoms with Crippen LogP contribution in [0, 0.1) is 12.7 Å². The molecule has 0 amide bonds. The van der Waals surface area contributed by atoms with Crippen LogP contribution in [-0.4, -0.2) is 16.2 Å². The number of aryl methyl sites for hydroxylation is 1. The van der Waals surface area contributed by atoms with Crippen LogP contribution >= 0.6 is 0 Å². The smallest absolute Gasteiger partial charge is 0.303 e. The number of nitrogens with two attached hydrogens (primary N) is 1. The summed E-state index contributed by atoms with van der Waals surface area (Å²) in [6.45, 7) is 1.70. The van der Waals surface area contributed by atoms with Gasteiger partial charge in [0.1, 0.15) is 0 Å². The minimum Gasteiger partial charge on any atom is -0.505 e. The Morgan fingerprint density at radius 1 is 1.56 bits per heavy atom. The molecule has 1 unspecified atom stereocenters. The molecule has 88 valence electrons. The van der Waals surface area contributed by atoms with E-state index in [-0.39, 0.29) is 18.4 Å². The van der Waals surface area contributed by atoms with Gasteiger partial charge in [-0.2, -0.15) is 0 Å². The van der Waals surface area contributed by atoms with Crippen LogP contribution in [0.2, 0.25) is 0 Å². The number of carbonyl (C=O) groups is 1. The van der Waals surface area contributed by atoms with Crippen molar-refractivity contribution in [1.29, 1.82) is 0 Å². The Morgan fingerprint density at radius 2 is 2.19 bits per heavy atom. The fourth-order valence-corrected chi connectivity index (χ4v) is 1.48. The number of phenolic OH excluding ortho intramolecular Hbond substituents is 1. The van der Waals surface area contributed by atoms with E-state index < -0.39 is 23.6 Å². The maximum atomic E-state index is 13.5. The van der Waals surface area contributed by atoms with Crippen molar-refractivity contribution in [3.63, 3.8) is 0 Å². The second-order valence-corrected chi connectivity index (χ2v) is 3.73. The van der Waals surface area contributed by atoms with Crippen molar-refractivity contribution in [2.45, 2.75) is 25.8 Å². The van der Waals surface area contributed by atoms with Crippen LogP contribution in [0.1, 0.15) is 30.0 Å². The van der Waals surface area contributed by atoms with Crippen molar-refractivity contribution in [1.82, 2.24) is 0 Å². The van der Waals surface area contributed by atoms with Crippen LogP contribution in [0.25, 0.3) is 0 Å². The molecule has 0 saturated carbocycles. The zero-order valence-corrected chi connectivity index (χ0v) is 8.90. The van der Waals surface area contributed by atoms with Crippen LogP contribution in [-0.2, 0) is 4.79 Å². The van der Waals surface area contributed by atoms with Gasteiger partial charge in [-0.05, 0) is 25.0 Å². The van der Waals surface area contributed by atoms with Crippen molar-refractivity contribution >= 4 is 5.97 Å². The number of aliphatic carboxylic acids is 1. The van der Waals surface area contributed by atoms with Crippen LogP contribution < -0.4 is 5.73 Å². The highest BCUT2D eigenvalue weighted by atomic mass is 19.1. The average molecular weight is 227 g/mol. The summed E-state index contributed by atoms with van der Waals surface area (Å²) < 4.78 is 13.5. The lowest BCUT2D eigenvalue weighted by atomic mass is 10.00. The number of hydrogen-bond donors (Lipinski definition) is 3. The lowest BCUT2D eigenvalue weighted by Gasteiger charge is -2.13. The normalized spacial score (nSPS) is 12.4. The minimum atomic E-state index is -0.979. The van der Waals surface area contributed by atoms with Crippen molar-refractivity contribution in [3.05, 3.63) is 29.1 Å². The highest BCUT2D eigenvalue weighted by molar-refractivity contribution is 5.66. The molecule has 0 heterocycles. The Morgan fingerprint density at radius 3 is 2.75 bits per heavy atom. The topological polar surface area (TPSA) is 83.5 Å². The van der Waals surface area contributed by atoms with E-state index in [1.807, 2.05) is 0 Å². The Hall–Kier alpha value is -1.62. The molecule has 1 rings (SSSR count). The van der Waals surface area contributed by atoms with Crippen LogP contribution in [0.3, 0.4) is 0 Å². The SMILES string of the molecule is Cc1cc(O)c(F)c(C(N)CCC(=O)O)c1. The van der Waals surface area contributed by atoms with Crippen LogP contribution in [0.4, 0.5) is 4.39 Å². The summed E-state index contributed by atoms with van der Waals surface area (Å²) in [6.07, 6.45) is 0.00442. The third-order valence-electron chi connectivity index (χ3n) is 2.29. The third kappa shape index (κ3) is 2.93. The molecule has 0 aliphatic carbocycles. The fourth-order valence-electron chi connectivity index (χ4n) is 1.48. The lowest BCUT2D eigenvalue weighted by Crippen LogP contribution is -2.14. The fraction of sp³-hybridized carbons (Fsp3) is 0.364. The van der Waals surface area contributed by atoms with E-state index in [1.165, 1.54) is 12.1 Å². The van der Waals surface area contributed by atoms with Gasteiger partial charge in [0.2, 0.25) is 0 Å². The molecule has 0 saturated heterocycles. The summed E-state index contributed by atoms with van der Waals surface area (Å²) >= 11 is 0. The molecular weight excluding hydrogens is 213 g/mol. The third-order valence-corrected chi connectivity index (χ3v) is 2.29. The molecule has 1 atom stereocenters. The van der Waals surface area contributed by atoms with Crippen molar-refractivity contribution < 1.29 is 19.4 Å². The Kier molecular flexibility index (Phi) is 3.84. The van der Waals surface area contributed by atoms with Gasteiger partial charge in [0, 0.05) is 18.0 Å². The molecule has 0 spiro atoms. The summed E-state index contributed by atoms with van der Waals surface area (Å²) in [6, 6.07) is 2.09. The van der Waals surface area contributed by atoms with Gasteiger partial charge in [0.05, 0.1) is 0 Å². The molecular formula is C11H14FNO3. The first-order chi connectivity index (χ1) is 7.41. The highest BCUT2D eigenvalue weighted by Crippen LogP contribution is 2.27. The van der Waals surface area contributed by atoms with Gasteiger partial charge in [-0.15, -0.1) is 0 Å². The Bertz CT molecular complexity index is 406. The zero-order valence-electron chi connectivity index (χ0n) is 8.90. The number of benzene rings is 1. The van der Waals surface area contributed by atoms with E-state index in [0.717, 1.165) is 0 Å². The second kappa shape index (κ2) is 4.94. The zero-order chi connectivity index (χ0) is 12.3. The highest BCUT2D eigenvalue weighted by Gasteiger charge is 2.16. The minimum absolute atomic E-state index is 0.130. The molecule has 16 heavy (non-hydrogen) atoms. The summed E-state index contributed by atoms with van der Waals surface area (Å²) in [7, 11) is 0. The summed E-state index contributed by atoms with van der Waals surface area (Å²) in [5, 5.41) is 17.7. The van der Waals surface area contributed by atoms with Crippen molar-refractivity contribution in [2.75, 3.05) is 0 Å². The molecule has 4 nitrogen and oxygen atoms in total. The summed E-state index contributed by atoms with van der Waals surface area (Å²) in [5.41, 5.74) is 6.50. The molecule has 0 aromatic heterocycles. The molecule has 5 heteroatoms. The van der Waals surface area contributed by atoms with E-state index in [0.29, 0.717) is 5.56 Å². The lowest BCUT2D eigenvalue weighted by molar-refractivity contribution is -0.137. The average Bonchev–Trinajstić information content (AvgIpc) is 2.19. The summed E-state index contributed by atoms with van der Waals surface area (Å²) in [5.74, 6) is -2.21. The number of carboxylic acids is 1. The van der Waals surface area contributed by atoms with Crippen molar-refractivity contribution in [3.8, 4) is 5.75 Å². The Balaban J connectivity index is 2.90. The van der Waals surface area contributed by atoms with Crippen molar-refractivity contribution in [2.24, 2.45) is 5.73 Å². The maximum Gasteiger partial charge on any atom is 0.303 e. The predicted octanol–water partition coefficient (Wildman–Crippen LogP) is 1.70. The van der Waals surface area contributed by atoms with E-state index in [9.17, 15) is 14.3 Å². The van der Waals surface area contributed by atoms with Gasteiger partial charge < -0.3 is 15.9 Å². The number of aromatic hydroxyl groups is 1. The van der Waals surface area contributed by atoms with Gasteiger partial charge in [-0.1, -0.05) is 6.07 Å². The van der Waals surface area contributed by atoms with E-state index in [4.69, 9.17) is 10.8 Å². The molecule has 0 radical (unpaired) electrons. The molecule has 0 bridgehead atoms. The van der Waals surface area contributed by atoms with Crippen LogP contribution in [0.15, 0.2) is 12.1 Å². The van der Waals surface area contributed by atoms with E-state index in [2.05, 4.69) is 0 Å². The summed E-state index contributed by atoms with van der Waals surface area (Å²) in [4.78, 5) is 10.4. The molecule has 0 aliphatic rings.